The van der Waals surface area contributed by atoms with Crippen molar-refractivity contribution in [3.05, 3.63) is 5.82 Å². The molecule has 6 heteroatoms. The number of amides is 1. The van der Waals surface area contributed by atoms with Crippen LogP contribution in [0.15, 0.2) is 0 Å². The van der Waals surface area contributed by atoms with Crippen LogP contribution < -0.4 is 0 Å². The summed E-state index contributed by atoms with van der Waals surface area (Å²) < 4.78 is 1.55. The fraction of sp³-hybridized carbons (Fsp3) is 0.800. The first-order chi connectivity index (χ1) is 7.66. The molecule has 1 aliphatic heterocycles. The lowest BCUT2D eigenvalue weighted by Crippen LogP contribution is -2.39. The third kappa shape index (κ3) is 2.37. The van der Waals surface area contributed by atoms with Gasteiger partial charge in [0.15, 0.2) is 5.82 Å². The fourth-order valence-corrected chi connectivity index (χ4v) is 1.90. The van der Waals surface area contributed by atoms with E-state index >= 15 is 0 Å². The molecule has 0 N–H and O–H groups in total. The molecule has 0 atom stereocenters. The van der Waals surface area contributed by atoms with E-state index in [1.54, 1.807) is 11.7 Å². The molecule has 0 aliphatic carbocycles. The van der Waals surface area contributed by atoms with E-state index in [-0.39, 0.29) is 5.91 Å². The molecule has 0 saturated carbocycles. The maximum Gasteiger partial charge on any atom is 0.230 e. The van der Waals surface area contributed by atoms with E-state index in [9.17, 15) is 4.79 Å². The van der Waals surface area contributed by atoms with Crippen LogP contribution >= 0.6 is 0 Å². The maximum absolute atomic E-state index is 11.9. The van der Waals surface area contributed by atoms with Gasteiger partial charge >= 0.3 is 0 Å². The fourth-order valence-electron chi connectivity index (χ4n) is 1.90. The van der Waals surface area contributed by atoms with Crippen molar-refractivity contribution in [3.8, 4) is 0 Å². The minimum Gasteiger partial charge on any atom is -0.342 e. The number of rotatable bonds is 2. The second-order valence-electron chi connectivity index (χ2n) is 4.46. The van der Waals surface area contributed by atoms with Gasteiger partial charge in [-0.2, -0.15) is 0 Å². The average Bonchev–Trinajstić information content (AvgIpc) is 2.65. The monoisotopic (exact) mass is 223 g/mol. The van der Waals surface area contributed by atoms with E-state index in [4.69, 9.17) is 0 Å². The van der Waals surface area contributed by atoms with Gasteiger partial charge in [-0.05, 0) is 29.2 Å². The number of carbonyl (C=O) groups excluding carboxylic acids is 1. The van der Waals surface area contributed by atoms with Crippen LogP contribution in [-0.4, -0.2) is 44.1 Å². The van der Waals surface area contributed by atoms with Crippen LogP contribution in [0.5, 0.6) is 0 Å². The topological polar surface area (TPSA) is 63.9 Å². The summed E-state index contributed by atoms with van der Waals surface area (Å²) in [6, 6.07) is 0. The van der Waals surface area contributed by atoms with Crippen LogP contribution in [0.4, 0.5) is 0 Å². The molecule has 2 rings (SSSR count). The zero-order chi connectivity index (χ0) is 11.5. The predicted octanol–water partition coefficient (Wildman–Crippen LogP) is 0.0111. The number of likely N-dealkylation sites (tertiary alicyclic amines) is 1. The second kappa shape index (κ2) is 4.59. The standard InChI is InChI=1S/C10H17N5O/c1-8-3-5-15(6-4-8)10(16)7-9-11-12-13-14(9)2/h8H,3-7H2,1-2H3. The molecule has 88 valence electrons. The molecule has 2 heterocycles. The summed E-state index contributed by atoms with van der Waals surface area (Å²) in [7, 11) is 1.75. The van der Waals surface area contributed by atoms with Crippen LogP contribution in [0.1, 0.15) is 25.6 Å². The highest BCUT2D eigenvalue weighted by Gasteiger charge is 2.21. The highest BCUT2D eigenvalue weighted by atomic mass is 16.2. The van der Waals surface area contributed by atoms with Crippen molar-refractivity contribution in [2.24, 2.45) is 13.0 Å². The molecule has 16 heavy (non-hydrogen) atoms. The van der Waals surface area contributed by atoms with Crippen molar-refractivity contribution in [3.63, 3.8) is 0 Å². The van der Waals surface area contributed by atoms with Crippen molar-refractivity contribution < 1.29 is 4.79 Å². The largest absolute Gasteiger partial charge is 0.342 e. The van der Waals surface area contributed by atoms with Gasteiger partial charge < -0.3 is 4.90 Å². The molecule has 1 aliphatic rings. The first kappa shape index (κ1) is 11.0. The highest BCUT2D eigenvalue weighted by Crippen LogP contribution is 2.16. The SMILES string of the molecule is CC1CCN(C(=O)Cc2nnnn2C)CC1. The Labute approximate surface area is 94.6 Å². The summed E-state index contributed by atoms with van der Waals surface area (Å²) in [4.78, 5) is 13.9. The van der Waals surface area contributed by atoms with Crippen LogP contribution in [-0.2, 0) is 18.3 Å². The lowest BCUT2D eigenvalue weighted by Gasteiger charge is -2.30. The van der Waals surface area contributed by atoms with Gasteiger partial charge in [-0.1, -0.05) is 6.92 Å². The van der Waals surface area contributed by atoms with Gasteiger partial charge in [-0.15, -0.1) is 5.10 Å². The van der Waals surface area contributed by atoms with E-state index in [0.29, 0.717) is 12.2 Å². The van der Waals surface area contributed by atoms with Crippen molar-refractivity contribution in [1.82, 2.24) is 25.1 Å². The Morgan fingerprint density at radius 2 is 2.12 bits per heavy atom. The Morgan fingerprint density at radius 1 is 1.44 bits per heavy atom. The first-order valence-electron chi connectivity index (χ1n) is 5.66. The number of nitrogens with zero attached hydrogens (tertiary/aromatic N) is 5. The number of aryl methyl sites for hydroxylation is 1. The van der Waals surface area contributed by atoms with E-state index in [1.807, 2.05) is 4.90 Å². The van der Waals surface area contributed by atoms with Crippen molar-refractivity contribution in [2.45, 2.75) is 26.2 Å². The summed E-state index contributed by atoms with van der Waals surface area (Å²) in [5.41, 5.74) is 0. The smallest absolute Gasteiger partial charge is 0.230 e. The molecular formula is C10H17N5O. The van der Waals surface area contributed by atoms with E-state index in [0.717, 1.165) is 31.8 Å². The van der Waals surface area contributed by atoms with E-state index in [2.05, 4.69) is 22.4 Å². The van der Waals surface area contributed by atoms with E-state index in [1.165, 1.54) is 0 Å². The molecule has 0 bridgehead atoms. The second-order valence-corrected chi connectivity index (χ2v) is 4.46. The van der Waals surface area contributed by atoms with Crippen LogP contribution in [0, 0.1) is 5.92 Å². The van der Waals surface area contributed by atoms with Gasteiger partial charge in [-0.3, -0.25) is 4.79 Å². The van der Waals surface area contributed by atoms with Gasteiger partial charge in [-0.25, -0.2) is 4.68 Å². The zero-order valence-electron chi connectivity index (χ0n) is 9.76. The average molecular weight is 223 g/mol. The Bertz CT molecular complexity index is 367. The van der Waals surface area contributed by atoms with Gasteiger partial charge in [0.25, 0.3) is 0 Å². The minimum absolute atomic E-state index is 0.129. The summed E-state index contributed by atoms with van der Waals surface area (Å²) >= 11 is 0. The Morgan fingerprint density at radius 3 is 2.69 bits per heavy atom. The zero-order valence-corrected chi connectivity index (χ0v) is 9.76. The Balaban J connectivity index is 1.91. The van der Waals surface area contributed by atoms with Gasteiger partial charge in [0.05, 0.1) is 6.42 Å². The van der Waals surface area contributed by atoms with Crippen molar-refractivity contribution in [1.29, 1.82) is 0 Å². The van der Waals surface area contributed by atoms with Crippen LogP contribution in [0.2, 0.25) is 0 Å². The molecule has 0 radical (unpaired) electrons. The predicted molar refractivity (Wildman–Crippen MR) is 57.5 cm³/mol. The summed E-state index contributed by atoms with van der Waals surface area (Å²) in [5.74, 6) is 1.49. The number of piperidine rings is 1. The van der Waals surface area contributed by atoms with Gasteiger partial charge in [0, 0.05) is 20.1 Å². The molecule has 1 amide bonds. The molecule has 1 fully saturated rings. The third-order valence-corrected chi connectivity index (χ3v) is 3.15. The normalized spacial score (nSPS) is 17.8. The molecule has 6 nitrogen and oxygen atoms in total. The quantitative estimate of drug-likeness (QED) is 0.708. The Hall–Kier alpha value is -1.46. The van der Waals surface area contributed by atoms with Gasteiger partial charge in [0.2, 0.25) is 5.91 Å². The first-order valence-corrected chi connectivity index (χ1v) is 5.66. The molecule has 1 aromatic rings. The molecule has 1 aromatic heterocycles. The highest BCUT2D eigenvalue weighted by molar-refractivity contribution is 5.78. The van der Waals surface area contributed by atoms with E-state index < -0.39 is 0 Å². The number of carbonyl (C=O) groups is 1. The molecule has 0 unspecified atom stereocenters. The van der Waals surface area contributed by atoms with Crippen LogP contribution in [0.3, 0.4) is 0 Å². The number of hydrogen-bond donors (Lipinski definition) is 0. The third-order valence-electron chi connectivity index (χ3n) is 3.15. The lowest BCUT2D eigenvalue weighted by molar-refractivity contribution is -0.131. The Kier molecular flexibility index (Phi) is 3.17. The number of hydrogen-bond acceptors (Lipinski definition) is 4. The van der Waals surface area contributed by atoms with Gasteiger partial charge in [0.1, 0.15) is 0 Å². The molecule has 0 aromatic carbocycles. The molecule has 1 saturated heterocycles. The minimum atomic E-state index is 0.129. The summed E-state index contributed by atoms with van der Waals surface area (Å²) in [6.45, 7) is 3.96. The van der Waals surface area contributed by atoms with Crippen molar-refractivity contribution in [2.75, 3.05) is 13.1 Å². The number of aromatic nitrogens is 4. The summed E-state index contributed by atoms with van der Waals surface area (Å²) in [5, 5.41) is 11.1. The maximum atomic E-state index is 11.9. The summed E-state index contributed by atoms with van der Waals surface area (Å²) in [6.07, 6.45) is 2.50. The molecule has 0 spiro atoms. The van der Waals surface area contributed by atoms with Crippen molar-refractivity contribution >= 4 is 5.91 Å². The number of tetrazole rings is 1. The molecular weight excluding hydrogens is 206 g/mol. The lowest BCUT2D eigenvalue weighted by atomic mass is 9.99. The van der Waals surface area contributed by atoms with Crippen LogP contribution in [0.25, 0.3) is 0 Å².